The van der Waals surface area contributed by atoms with Gasteiger partial charge in [0.1, 0.15) is 0 Å². The van der Waals surface area contributed by atoms with E-state index in [-0.39, 0.29) is 18.2 Å². The average molecular weight is 304 g/mol. The van der Waals surface area contributed by atoms with Gasteiger partial charge in [-0.05, 0) is 24.6 Å². The number of carbonyl (C=O) groups excluding carboxylic acids is 2. The second kappa shape index (κ2) is 6.36. The highest BCUT2D eigenvalue weighted by atomic mass is 32.1. The summed E-state index contributed by atoms with van der Waals surface area (Å²) >= 11 is 1.30. The Bertz CT molecular complexity index is 681. The second-order valence-electron chi connectivity index (χ2n) is 4.46. The number of amides is 2. The van der Waals surface area contributed by atoms with E-state index in [9.17, 15) is 9.59 Å². The molecule has 0 bridgehead atoms. The van der Waals surface area contributed by atoms with Gasteiger partial charge in [0.15, 0.2) is 5.13 Å². The number of rotatable bonds is 4. The van der Waals surface area contributed by atoms with Crippen molar-refractivity contribution in [3.05, 3.63) is 40.4 Å². The maximum absolute atomic E-state index is 12.0. The molecule has 1 heterocycles. The number of nitrogens with zero attached hydrogens (tertiary/aromatic N) is 1. The van der Waals surface area contributed by atoms with Crippen molar-refractivity contribution in [1.82, 2.24) is 10.3 Å². The fraction of sp³-hybridized carbons (Fsp3) is 0.214. The summed E-state index contributed by atoms with van der Waals surface area (Å²) in [6, 6.07) is 5.20. The van der Waals surface area contributed by atoms with Crippen LogP contribution in [0.15, 0.2) is 23.6 Å². The van der Waals surface area contributed by atoms with Crippen LogP contribution in [-0.2, 0) is 11.2 Å². The number of hydrogen-bond donors (Lipinski definition) is 3. The first kappa shape index (κ1) is 15.0. The third-order valence-electron chi connectivity index (χ3n) is 2.99. The summed E-state index contributed by atoms with van der Waals surface area (Å²) in [6.07, 6.45) is 0.150. The zero-order valence-corrected chi connectivity index (χ0v) is 12.6. The monoisotopic (exact) mass is 304 g/mol. The van der Waals surface area contributed by atoms with Crippen LogP contribution in [0, 0.1) is 6.92 Å². The maximum atomic E-state index is 12.0. The zero-order valence-electron chi connectivity index (χ0n) is 11.8. The van der Waals surface area contributed by atoms with Gasteiger partial charge in [-0.15, -0.1) is 11.3 Å². The summed E-state index contributed by atoms with van der Waals surface area (Å²) in [5, 5.41) is 7.56. The fourth-order valence-electron chi connectivity index (χ4n) is 1.91. The molecule has 0 aliphatic rings. The van der Waals surface area contributed by atoms with E-state index >= 15 is 0 Å². The Labute approximate surface area is 126 Å². The van der Waals surface area contributed by atoms with Crippen molar-refractivity contribution in [2.24, 2.45) is 0 Å². The van der Waals surface area contributed by atoms with E-state index in [1.54, 1.807) is 37.6 Å². The Hall–Kier alpha value is -2.41. The molecule has 1 aromatic heterocycles. The molecular formula is C14H16N4O2S. The summed E-state index contributed by atoms with van der Waals surface area (Å²) in [6.45, 7) is 1.79. The quantitative estimate of drug-likeness (QED) is 0.798. The SMILES string of the molecule is CNC(=O)c1cccc(NC(=O)Cc2csc(N)n2)c1C. The lowest BCUT2D eigenvalue weighted by molar-refractivity contribution is -0.115. The third-order valence-corrected chi connectivity index (χ3v) is 3.71. The topological polar surface area (TPSA) is 97.1 Å². The number of nitrogens with one attached hydrogen (secondary N) is 2. The maximum Gasteiger partial charge on any atom is 0.251 e. The van der Waals surface area contributed by atoms with E-state index in [1.165, 1.54) is 11.3 Å². The van der Waals surface area contributed by atoms with E-state index < -0.39 is 0 Å². The van der Waals surface area contributed by atoms with Gasteiger partial charge in [-0.3, -0.25) is 9.59 Å². The highest BCUT2D eigenvalue weighted by Gasteiger charge is 2.13. The van der Waals surface area contributed by atoms with E-state index in [4.69, 9.17) is 5.73 Å². The van der Waals surface area contributed by atoms with Crippen LogP contribution in [0.4, 0.5) is 10.8 Å². The summed E-state index contributed by atoms with van der Waals surface area (Å²) in [5.41, 5.74) is 8.04. The highest BCUT2D eigenvalue weighted by Crippen LogP contribution is 2.19. The van der Waals surface area contributed by atoms with Gasteiger partial charge < -0.3 is 16.4 Å². The van der Waals surface area contributed by atoms with Crippen molar-refractivity contribution >= 4 is 34.0 Å². The summed E-state index contributed by atoms with van der Waals surface area (Å²) < 4.78 is 0. The van der Waals surface area contributed by atoms with Crippen LogP contribution in [0.1, 0.15) is 21.6 Å². The van der Waals surface area contributed by atoms with Gasteiger partial charge in [0.25, 0.3) is 5.91 Å². The first-order valence-corrected chi connectivity index (χ1v) is 7.20. The lowest BCUT2D eigenvalue weighted by atomic mass is 10.1. The molecule has 0 fully saturated rings. The van der Waals surface area contributed by atoms with Crippen LogP contribution in [0.2, 0.25) is 0 Å². The van der Waals surface area contributed by atoms with Gasteiger partial charge in [0, 0.05) is 23.7 Å². The minimum absolute atomic E-state index is 0.150. The minimum atomic E-state index is -0.197. The predicted octanol–water partition coefficient (Wildman–Crippen LogP) is 1.57. The van der Waals surface area contributed by atoms with Crippen molar-refractivity contribution in [1.29, 1.82) is 0 Å². The number of benzene rings is 1. The molecule has 0 radical (unpaired) electrons. The van der Waals surface area contributed by atoms with Crippen LogP contribution in [0.5, 0.6) is 0 Å². The number of hydrogen-bond acceptors (Lipinski definition) is 5. The molecule has 4 N–H and O–H groups in total. The van der Waals surface area contributed by atoms with E-state index in [0.29, 0.717) is 22.1 Å². The largest absolute Gasteiger partial charge is 0.375 e. The van der Waals surface area contributed by atoms with Crippen LogP contribution < -0.4 is 16.4 Å². The van der Waals surface area contributed by atoms with Crippen molar-refractivity contribution < 1.29 is 9.59 Å². The van der Waals surface area contributed by atoms with Gasteiger partial charge >= 0.3 is 0 Å². The molecule has 2 aromatic rings. The number of anilines is 2. The Kier molecular flexibility index (Phi) is 4.54. The molecule has 2 amide bonds. The fourth-order valence-corrected chi connectivity index (χ4v) is 2.48. The third kappa shape index (κ3) is 3.57. The van der Waals surface area contributed by atoms with Crippen LogP contribution in [0.3, 0.4) is 0 Å². The normalized spacial score (nSPS) is 10.2. The van der Waals surface area contributed by atoms with Crippen LogP contribution >= 0.6 is 11.3 Å². The van der Waals surface area contributed by atoms with Gasteiger partial charge in [-0.25, -0.2) is 4.98 Å². The zero-order chi connectivity index (χ0) is 15.4. The van der Waals surface area contributed by atoms with Crippen LogP contribution in [-0.4, -0.2) is 23.8 Å². The molecule has 0 atom stereocenters. The first-order chi connectivity index (χ1) is 10.0. The first-order valence-electron chi connectivity index (χ1n) is 6.32. The summed E-state index contributed by atoms with van der Waals surface area (Å²) in [4.78, 5) is 27.8. The molecule has 0 aliphatic carbocycles. The van der Waals surface area contributed by atoms with Crippen molar-refractivity contribution in [2.45, 2.75) is 13.3 Å². The smallest absolute Gasteiger partial charge is 0.251 e. The van der Waals surface area contributed by atoms with Crippen molar-refractivity contribution in [3.63, 3.8) is 0 Å². The Balaban J connectivity index is 2.12. The molecule has 0 saturated carbocycles. The van der Waals surface area contributed by atoms with E-state index in [1.807, 2.05) is 0 Å². The lowest BCUT2D eigenvalue weighted by Gasteiger charge is -2.11. The molecule has 0 saturated heterocycles. The molecule has 2 rings (SSSR count). The number of nitrogens with two attached hydrogens (primary N) is 1. The van der Waals surface area contributed by atoms with Gasteiger partial charge in [-0.2, -0.15) is 0 Å². The number of aromatic nitrogens is 1. The van der Waals surface area contributed by atoms with E-state index in [0.717, 1.165) is 5.56 Å². The summed E-state index contributed by atoms with van der Waals surface area (Å²) in [7, 11) is 1.57. The molecule has 110 valence electrons. The van der Waals surface area contributed by atoms with Crippen LogP contribution in [0.25, 0.3) is 0 Å². The standard InChI is InChI=1S/C14H16N4O2S/c1-8-10(13(20)16-2)4-3-5-11(8)18-12(19)6-9-7-21-14(15)17-9/h3-5,7H,6H2,1-2H3,(H2,15,17)(H,16,20)(H,18,19). The Morgan fingerprint density at radius 3 is 2.76 bits per heavy atom. The second-order valence-corrected chi connectivity index (χ2v) is 5.35. The minimum Gasteiger partial charge on any atom is -0.375 e. The van der Waals surface area contributed by atoms with E-state index in [2.05, 4.69) is 15.6 Å². The van der Waals surface area contributed by atoms with Crippen molar-refractivity contribution in [3.8, 4) is 0 Å². The number of carbonyl (C=O) groups is 2. The Morgan fingerprint density at radius 1 is 1.38 bits per heavy atom. The predicted molar refractivity (Wildman–Crippen MR) is 83.4 cm³/mol. The van der Waals surface area contributed by atoms with Crippen molar-refractivity contribution in [2.75, 3.05) is 18.1 Å². The number of nitrogen functional groups attached to an aromatic ring is 1. The van der Waals surface area contributed by atoms with Gasteiger partial charge in [0.05, 0.1) is 12.1 Å². The van der Waals surface area contributed by atoms with Gasteiger partial charge in [0.2, 0.25) is 5.91 Å². The average Bonchev–Trinajstić information content (AvgIpc) is 2.85. The lowest BCUT2D eigenvalue weighted by Crippen LogP contribution is -2.21. The molecule has 0 spiro atoms. The summed E-state index contributed by atoms with van der Waals surface area (Å²) in [5.74, 6) is -0.381. The molecule has 0 unspecified atom stereocenters. The highest BCUT2D eigenvalue weighted by molar-refractivity contribution is 7.13. The molecule has 0 aliphatic heterocycles. The Morgan fingerprint density at radius 2 is 2.14 bits per heavy atom. The van der Waals surface area contributed by atoms with Gasteiger partial charge in [-0.1, -0.05) is 6.07 Å². The molecule has 1 aromatic carbocycles. The number of thiazole rings is 1. The molecule has 21 heavy (non-hydrogen) atoms. The molecular weight excluding hydrogens is 288 g/mol. The molecule has 7 heteroatoms. The molecule has 6 nitrogen and oxygen atoms in total.